The predicted octanol–water partition coefficient (Wildman–Crippen LogP) is 3.03. The van der Waals surface area contributed by atoms with Gasteiger partial charge < -0.3 is 4.42 Å². The van der Waals surface area contributed by atoms with Crippen LogP contribution in [0.5, 0.6) is 0 Å². The number of aromatic nitrogens is 4. The van der Waals surface area contributed by atoms with Gasteiger partial charge in [0, 0.05) is 22.6 Å². The van der Waals surface area contributed by atoms with Gasteiger partial charge in [0.1, 0.15) is 11.4 Å². The van der Waals surface area contributed by atoms with Gasteiger partial charge in [0.15, 0.2) is 0 Å². The van der Waals surface area contributed by atoms with Crippen LogP contribution < -0.4 is 5.56 Å². The number of hydrogen-bond donors (Lipinski definition) is 0. The summed E-state index contributed by atoms with van der Waals surface area (Å²) in [5.74, 6) is 0.475. The van der Waals surface area contributed by atoms with Gasteiger partial charge in [-0.3, -0.25) is 19.5 Å². The molecular weight excluding hydrogens is 370 g/mol. The molecule has 0 fully saturated rings. The van der Waals surface area contributed by atoms with Crippen LogP contribution in [0, 0.1) is 10.1 Å². The minimum absolute atomic E-state index is 0.0216. The molecule has 136 valence electrons. The maximum Gasteiger partial charge on any atom is 0.269 e. The minimum Gasteiger partial charge on any atom is -0.419 e. The minimum atomic E-state index is -0.479. The van der Waals surface area contributed by atoms with E-state index in [1.165, 1.54) is 46.5 Å². The summed E-state index contributed by atoms with van der Waals surface area (Å²) in [5.41, 5.74) is 0.378. The summed E-state index contributed by atoms with van der Waals surface area (Å²) in [6.45, 7) is 2.13. The Bertz CT molecular complexity index is 1190. The van der Waals surface area contributed by atoms with Crippen LogP contribution in [0.3, 0.4) is 0 Å². The summed E-state index contributed by atoms with van der Waals surface area (Å²) in [6, 6.07) is 7.66. The molecule has 0 unspecified atom stereocenters. The number of fused-ring (bicyclic) bond motifs is 1. The molecule has 0 aliphatic heterocycles. The van der Waals surface area contributed by atoms with Crippen LogP contribution in [0.2, 0.25) is 0 Å². The molecule has 0 aliphatic rings. The molecule has 9 nitrogen and oxygen atoms in total. The molecule has 4 aromatic rings. The Kier molecular flexibility index (Phi) is 4.24. The second-order valence-electron chi connectivity index (χ2n) is 5.77. The molecule has 0 saturated carbocycles. The number of rotatable bonds is 5. The Labute approximate surface area is 156 Å². The fourth-order valence-electron chi connectivity index (χ4n) is 2.60. The number of nitro benzene ring substituents is 1. The number of benzene rings is 1. The lowest BCUT2D eigenvalue weighted by Gasteiger charge is -2.01. The summed E-state index contributed by atoms with van der Waals surface area (Å²) in [7, 11) is 0. The Balaban J connectivity index is 1.61. The zero-order valence-electron chi connectivity index (χ0n) is 14.2. The third kappa shape index (κ3) is 3.22. The number of nitro groups is 1. The monoisotopic (exact) mass is 383 g/mol. The molecule has 1 aromatic carbocycles. The smallest absolute Gasteiger partial charge is 0.269 e. The summed E-state index contributed by atoms with van der Waals surface area (Å²) < 4.78 is 7.01. The molecule has 3 aromatic heterocycles. The van der Waals surface area contributed by atoms with Gasteiger partial charge in [-0.1, -0.05) is 6.92 Å². The normalized spacial score (nSPS) is 11.1. The largest absolute Gasteiger partial charge is 0.419 e. The molecule has 0 spiro atoms. The molecule has 0 amide bonds. The molecule has 3 heterocycles. The number of thiophene rings is 1. The van der Waals surface area contributed by atoms with Crippen LogP contribution in [0.25, 0.3) is 21.7 Å². The van der Waals surface area contributed by atoms with Crippen LogP contribution >= 0.6 is 11.3 Å². The highest BCUT2D eigenvalue weighted by Crippen LogP contribution is 2.23. The van der Waals surface area contributed by atoms with Crippen molar-refractivity contribution in [3.63, 3.8) is 0 Å². The van der Waals surface area contributed by atoms with E-state index in [9.17, 15) is 14.9 Å². The third-order valence-corrected chi connectivity index (χ3v) is 5.20. The quantitative estimate of drug-likeness (QED) is 0.384. The maximum absolute atomic E-state index is 12.6. The van der Waals surface area contributed by atoms with Crippen molar-refractivity contribution in [2.45, 2.75) is 19.9 Å². The molecule has 0 N–H and O–H groups in total. The highest BCUT2D eigenvalue weighted by Gasteiger charge is 2.14. The van der Waals surface area contributed by atoms with Gasteiger partial charge in [0.25, 0.3) is 11.2 Å². The first-order valence-corrected chi connectivity index (χ1v) is 8.92. The van der Waals surface area contributed by atoms with Crippen LogP contribution in [0.1, 0.15) is 17.7 Å². The maximum atomic E-state index is 12.6. The van der Waals surface area contributed by atoms with Crippen LogP contribution in [-0.4, -0.2) is 24.7 Å². The average Bonchev–Trinajstić information content (AvgIpc) is 3.31. The fourth-order valence-corrected chi connectivity index (χ4v) is 3.53. The van der Waals surface area contributed by atoms with Crippen LogP contribution in [0.4, 0.5) is 5.69 Å². The van der Waals surface area contributed by atoms with Crippen molar-refractivity contribution >= 4 is 27.2 Å². The number of hydrogen-bond acceptors (Lipinski definition) is 8. The standard InChI is InChI=1S/C17H13N5O4S/c1-2-12-7-13-16(27-12)18-9-21(17(13)23)8-14-19-20-15(26-14)10-3-5-11(6-4-10)22(24)25/h3-7,9H,2,8H2,1H3. The topological polar surface area (TPSA) is 117 Å². The number of aryl methyl sites for hydroxylation is 1. The second-order valence-corrected chi connectivity index (χ2v) is 6.88. The lowest BCUT2D eigenvalue weighted by atomic mass is 10.2. The van der Waals surface area contributed by atoms with Crippen molar-refractivity contribution in [3.8, 4) is 11.5 Å². The summed E-state index contributed by atoms with van der Waals surface area (Å²) in [5, 5.41) is 19.2. The molecule has 0 saturated heterocycles. The molecular formula is C17H13N5O4S. The van der Waals surface area contributed by atoms with E-state index in [1.807, 2.05) is 13.0 Å². The van der Waals surface area contributed by atoms with Crippen molar-refractivity contribution < 1.29 is 9.34 Å². The molecule has 0 atom stereocenters. The first-order chi connectivity index (χ1) is 13.0. The molecule has 10 heteroatoms. The second kappa shape index (κ2) is 6.72. The van der Waals surface area contributed by atoms with E-state index in [4.69, 9.17) is 4.42 Å². The van der Waals surface area contributed by atoms with E-state index < -0.39 is 4.92 Å². The summed E-state index contributed by atoms with van der Waals surface area (Å²) >= 11 is 1.51. The van der Waals surface area contributed by atoms with E-state index >= 15 is 0 Å². The third-order valence-electron chi connectivity index (χ3n) is 4.02. The molecule has 0 aliphatic carbocycles. The van der Waals surface area contributed by atoms with Crippen LogP contribution in [0.15, 0.2) is 45.9 Å². The van der Waals surface area contributed by atoms with Gasteiger partial charge in [-0.15, -0.1) is 21.5 Å². The molecule has 4 rings (SSSR count). The average molecular weight is 383 g/mol. The Morgan fingerprint density at radius 3 is 2.74 bits per heavy atom. The zero-order valence-corrected chi connectivity index (χ0v) is 15.0. The zero-order chi connectivity index (χ0) is 19.0. The van der Waals surface area contributed by atoms with Gasteiger partial charge in [-0.25, -0.2) is 4.98 Å². The van der Waals surface area contributed by atoms with Crippen molar-refractivity contribution in [3.05, 3.63) is 67.9 Å². The van der Waals surface area contributed by atoms with Gasteiger partial charge in [-0.2, -0.15) is 0 Å². The first-order valence-electron chi connectivity index (χ1n) is 8.10. The van der Waals surface area contributed by atoms with Gasteiger partial charge in [0.2, 0.25) is 11.8 Å². The molecule has 0 radical (unpaired) electrons. The lowest BCUT2D eigenvalue weighted by molar-refractivity contribution is -0.384. The van der Waals surface area contributed by atoms with E-state index in [0.29, 0.717) is 15.8 Å². The van der Waals surface area contributed by atoms with Gasteiger partial charge >= 0.3 is 0 Å². The number of nitrogens with zero attached hydrogens (tertiary/aromatic N) is 5. The van der Waals surface area contributed by atoms with Crippen molar-refractivity contribution in [1.29, 1.82) is 0 Å². The lowest BCUT2D eigenvalue weighted by Crippen LogP contribution is -2.20. The van der Waals surface area contributed by atoms with Crippen molar-refractivity contribution in [2.24, 2.45) is 0 Å². The fraction of sp³-hybridized carbons (Fsp3) is 0.176. The predicted molar refractivity (Wildman–Crippen MR) is 98.7 cm³/mol. The summed E-state index contributed by atoms with van der Waals surface area (Å²) in [6.07, 6.45) is 2.32. The van der Waals surface area contributed by atoms with E-state index in [-0.39, 0.29) is 29.6 Å². The molecule has 0 bridgehead atoms. The Morgan fingerprint density at radius 1 is 1.26 bits per heavy atom. The van der Waals surface area contributed by atoms with Crippen molar-refractivity contribution in [2.75, 3.05) is 0 Å². The van der Waals surface area contributed by atoms with Crippen LogP contribution in [-0.2, 0) is 13.0 Å². The number of non-ortho nitro benzene ring substituents is 1. The van der Waals surface area contributed by atoms with Gasteiger partial charge in [-0.05, 0) is 24.6 Å². The van der Waals surface area contributed by atoms with E-state index in [0.717, 1.165) is 11.3 Å². The Morgan fingerprint density at radius 2 is 2.04 bits per heavy atom. The highest BCUT2D eigenvalue weighted by atomic mass is 32.1. The van der Waals surface area contributed by atoms with E-state index in [2.05, 4.69) is 15.2 Å². The summed E-state index contributed by atoms with van der Waals surface area (Å²) in [4.78, 5) is 29.0. The van der Waals surface area contributed by atoms with Crippen molar-refractivity contribution in [1.82, 2.24) is 19.7 Å². The molecule has 27 heavy (non-hydrogen) atoms. The highest BCUT2D eigenvalue weighted by molar-refractivity contribution is 7.18. The SMILES string of the molecule is CCc1cc2c(=O)n(Cc3nnc(-c4ccc([N+](=O)[O-])cc4)o3)cnc2s1. The first kappa shape index (κ1) is 17.0. The van der Waals surface area contributed by atoms with E-state index in [1.54, 1.807) is 0 Å². The van der Waals surface area contributed by atoms with Gasteiger partial charge in [0.05, 0.1) is 16.6 Å². The Hall–Kier alpha value is -3.40.